The summed E-state index contributed by atoms with van der Waals surface area (Å²) in [6.45, 7) is 3.19. The van der Waals surface area contributed by atoms with E-state index in [-0.39, 0.29) is 5.91 Å². The van der Waals surface area contributed by atoms with Gasteiger partial charge in [0, 0.05) is 0 Å². The van der Waals surface area contributed by atoms with Gasteiger partial charge in [-0.25, -0.2) is 4.79 Å². The summed E-state index contributed by atoms with van der Waals surface area (Å²) in [5.74, 6) is -2.05. The molecule has 0 aliphatic heterocycles. The predicted molar refractivity (Wildman–Crippen MR) is 70.7 cm³/mol. The summed E-state index contributed by atoms with van der Waals surface area (Å²) in [6.07, 6.45) is -0.586. The lowest BCUT2D eigenvalue weighted by atomic mass is 9.95. The van der Waals surface area contributed by atoms with Crippen LogP contribution in [0.3, 0.4) is 0 Å². The van der Waals surface area contributed by atoms with Gasteiger partial charge in [0.2, 0.25) is 5.91 Å². The second-order valence-electron chi connectivity index (χ2n) is 4.44. The maximum absolute atomic E-state index is 12.1. The molecule has 104 valence electrons. The largest absolute Gasteiger partial charge is 0.480 e. The molecule has 0 saturated carbocycles. The van der Waals surface area contributed by atoms with Crippen LogP contribution in [0.2, 0.25) is 0 Å². The molecule has 0 heterocycles. The molecule has 1 unspecified atom stereocenters. The first-order valence-electron chi connectivity index (χ1n) is 6.23. The van der Waals surface area contributed by atoms with E-state index in [2.05, 4.69) is 5.32 Å². The second kappa shape index (κ2) is 6.89. The molecule has 1 rings (SSSR count). The van der Waals surface area contributed by atoms with E-state index in [4.69, 9.17) is 5.11 Å². The summed E-state index contributed by atoms with van der Waals surface area (Å²) in [4.78, 5) is 23.1. The van der Waals surface area contributed by atoms with Crippen LogP contribution in [0.25, 0.3) is 0 Å². The molecule has 1 amide bonds. The number of benzene rings is 1. The molecule has 0 aliphatic carbocycles. The number of hydrogen-bond donors (Lipinski definition) is 3. The normalized spacial score (nSPS) is 15.3. The highest BCUT2D eigenvalue weighted by molar-refractivity contribution is 5.88. The highest BCUT2D eigenvalue weighted by atomic mass is 16.4. The van der Waals surface area contributed by atoms with E-state index in [1.807, 2.05) is 37.3 Å². The summed E-state index contributed by atoms with van der Waals surface area (Å²) >= 11 is 0. The molecular formula is C14H19NO4. The van der Waals surface area contributed by atoms with Gasteiger partial charge >= 0.3 is 5.97 Å². The lowest BCUT2D eigenvalue weighted by Gasteiger charge is -2.21. The minimum absolute atomic E-state index is 0.387. The van der Waals surface area contributed by atoms with Crippen molar-refractivity contribution in [1.29, 1.82) is 0 Å². The predicted octanol–water partition coefficient (Wildman–Crippen LogP) is 1.13. The minimum atomic E-state index is -1.29. The highest BCUT2D eigenvalue weighted by Gasteiger charge is 2.28. The number of nitrogens with one attached hydrogen (secondary N) is 1. The van der Waals surface area contributed by atoms with Crippen molar-refractivity contribution in [2.24, 2.45) is 0 Å². The molecule has 0 bridgehead atoms. The van der Waals surface area contributed by atoms with Gasteiger partial charge in [-0.2, -0.15) is 0 Å². The maximum atomic E-state index is 12.1. The van der Waals surface area contributed by atoms with Gasteiger partial charge in [-0.15, -0.1) is 0 Å². The highest BCUT2D eigenvalue weighted by Crippen LogP contribution is 2.19. The van der Waals surface area contributed by atoms with Gasteiger partial charge in [-0.05, 0) is 18.9 Å². The first kappa shape index (κ1) is 15.2. The smallest absolute Gasteiger partial charge is 0.328 e. The molecule has 0 radical (unpaired) electrons. The Hall–Kier alpha value is -1.88. The molecule has 3 atom stereocenters. The van der Waals surface area contributed by atoms with Crippen molar-refractivity contribution < 1.29 is 19.8 Å². The Kier molecular flexibility index (Phi) is 5.51. The zero-order valence-electron chi connectivity index (χ0n) is 11.0. The van der Waals surface area contributed by atoms with Gasteiger partial charge in [0.1, 0.15) is 0 Å². The quantitative estimate of drug-likeness (QED) is 0.719. The SMILES string of the molecule is CCC(C(=O)N[C@H](C(=O)O)[C@@H](C)O)c1ccccc1. The van der Waals surface area contributed by atoms with Crippen LogP contribution in [-0.2, 0) is 9.59 Å². The van der Waals surface area contributed by atoms with Gasteiger partial charge in [-0.3, -0.25) is 4.79 Å². The molecule has 1 aromatic carbocycles. The van der Waals surface area contributed by atoms with Crippen molar-refractivity contribution in [3.8, 4) is 0 Å². The fourth-order valence-corrected chi connectivity index (χ4v) is 1.90. The Morgan fingerprint density at radius 3 is 2.26 bits per heavy atom. The summed E-state index contributed by atoms with van der Waals surface area (Å²) in [5.41, 5.74) is 0.831. The number of carbonyl (C=O) groups excluding carboxylic acids is 1. The van der Waals surface area contributed by atoms with Crippen molar-refractivity contribution >= 4 is 11.9 Å². The van der Waals surface area contributed by atoms with Crippen LogP contribution in [0.5, 0.6) is 0 Å². The van der Waals surface area contributed by atoms with Crippen molar-refractivity contribution in [2.45, 2.75) is 38.3 Å². The summed E-state index contributed by atoms with van der Waals surface area (Å²) in [7, 11) is 0. The van der Waals surface area contributed by atoms with E-state index in [0.717, 1.165) is 5.56 Å². The number of amides is 1. The number of carboxylic acid groups (broad SMARTS) is 1. The standard InChI is InChI=1S/C14H19NO4/c1-3-11(10-7-5-4-6-8-10)13(17)15-12(9(2)16)14(18)19/h4-9,11-12,16H,3H2,1-2H3,(H,15,17)(H,18,19)/t9-,11?,12+/m1/s1. The van der Waals surface area contributed by atoms with E-state index in [9.17, 15) is 14.7 Å². The number of aliphatic carboxylic acids is 1. The lowest BCUT2D eigenvalue weighted by Crippen LogP contribution is -2.49. The van der Waals surface area contributed by atoms with E-state index < -0.39 is 24.0 Å². The van der Waals surface area contributed by atoms with Crippen LogP contribution in [0, 0.1) is 0 Å². The van der Waals surface area contributed by atoms with Crippen LogP contribution < -0.4 is 5.32 Å². The van der Waals surface area contributed by atoms with Crippen molar-refractivity contribution in [3.05, 3.63) is 35.9 Å². The van der Waals surface area contributed by atoms with E-state index in [1.54, 1.807) is 0 Å². The van der Waals surface area contributed by atoms with Crippen LogP contribution in [0.15, 0.2) is 30.3 Å². The zero-order chi connectivity index (χ0) is 14.4. The zero-order valence-corrected chi connectivity index (χ0v) is 11.0. The lowest BCUT2D eigenvalue weighted by molar-refractivity contribution is -0.145. The Balaban J connectivity index is 2.83. The molecule has 0 saturated heterocycles. The second-order valence-corrected chi connectivity index (χ2v) is 4.44. The molecule has 3 N–H and O–H groups in total. The number of rotatable bonds is 6. The average molecular weight is 265 g/mol. The van der Waals surface area contributed by atoms with Crippen LogP contribution in [0.1, 0.15) is 31.7 Å². The third-order valence-electron chi connectivity index (χ3n) is 2.97. The van der Waals surface area contributed by atoms with Crippen molar-refractivity contribution in [1.82, 2.24) is 5.32 Å². The Bertz CT molecular complexity index is 430. The number of hydrogen-bond acceptors (Lipinski definition) is 3. The van der Waals surface area contributed by atoms with E-state index in [0.29, 0.717) is 6.42 Å². The fourth-order valence-electron chi connectivity index (χ4n) is 1.90. The minimum Gasteiger partial charge on any atom is -0.480 e. The maximum Gasteiger partial charge on any atom is 0.328 e. The monoisotopic (exact) mass is 265 g/mol. The number of carbonyl (C=O) groups is 2. The molecule has 5 heteroatoms. The molecule has 5 nitrogen and oxygen atoms in total. The number of carboxylic acids is 1. The third-order valence-corrected chi connectivity index (χ3v) is 2.97. The first-order valence-corrected chi connectivity index (χ1v) is 6.23. The van der Waals surface area contributed by atoms with Gasteiger partial charge in [-0.1, -0.05) is 37.3 Å². The topological polar surface area (TPSA) is 86.6 Å². The third kappa shape index (κ3) is 4.06. The number of aliphatic hydroxyl groups excluding tert-OH is 1. The Morgan fingerprint density at radius 2 is 1.84 bits per heavy atom. The molecule has 19 heavy (non-hydrogen) atoms. The molecular weight excluding hydrogens is 246 g/mol. The van der Waals surface area contributed by atoms with E-state index >= 15 is 0 Å². The molecule has 0 spiro atoms. The van der Waals surface area contributed by atoms with Crippen LogP contribution in [0.4, 0.5) is 0 Å². The van der Waals surface area contributed by atoms with Crippen molar-refractivity contribution in [3.63, 3.8) is 0 Å². The van der Waals surface area contributed by atoms with Gasteiger partial charge in [0.15, 0.2) is 6.04 Å². The Morgan fingerprint density at radius 1 is 1.26 bits per heavy atom. The molecule has 0 aromatic heterocycles. The Labute approximate surface area is 112 Å². The van der Waals surface area contributed by atoms with Gasteiger partial charge < -0.3 is 15.5 Å². The summed E-state index contributed by atoms with van der Waals surface area (Å²) in [6, 6.07) is 7.87. The fraction of sp³-hybridized carbons (Fsp3) is 0.429. The first-order chi connectivity index (χ1) is 8.97. The molecule has 0 aliphatic rings. The van der Waals surface area contributed by atoms with Crippen molar-refractivity contribution in [2.75, 3.05) is 0 Å². The van der Waals surface area contributed by atoms with Gasteiger partial charge in [0.25, 0.3) is 0 Å². The van der Waals surface area contributed by atoms with Gasteiger partial charge in [0.05, 0.1) is 12.0 Å². The van der Waals surface area contributed by atoms with Crippen LogP contribution in [-0.4, -0.2) is 34.2 Å². The number of aliphatic hydroxyl groups is 1. The van der Waals surface area contributed by atoms with Crippen LogP contribution >= 0.6 is 0 Å². The summed E-state index contributed by atoms with van der Waals surface area (Å²) in [5, 5.41) is 20.7. The molecule has 0 fully saturated rings. The van der Waals surface area contributed by atoms with E-state index in [1.165, 1.54) is 6.92 Å². The summed E-state index contributed by atoms with van der Waals surface area (Å²) < 4.78 is 0. The average Bonchev–Trinajstić information content (AvgIpc) is 2.37. The molecule has 1 aromatic rings.